The summed E-state index contributed by atoms with van der Waals surface area (Å²) in [6.07, 6.45) is -9.56. The van der Waals surface area contributed by atoms with Crippen LogP contribution in [-0.2, 0) is 43.9 Å². The molecule has 3 aliphatic heterocycles. The van der Waals surface area contributed by atoms with Gasteiger partial charge in [-0.3, -0.25) is 27.9 Å². The molecule has 2 bridgehead atoms. The van der Waals surface area contributed by atoms with Crippen LogP contribution in [-0.4, -0.2) is 89.0 Å². The van der Waals surface area contributed by atoms with Crippen LogP contribution >= 0.6 is 49.0 Å². The summed E-state index contributed by atoms with van der Waals surface area (Å²) in [5, 5.41) is 11.6. The highest BCUT2D eigenvalue weighted by Gasteiger charge is 2.53. The van der Waals surface area contributed by atoms with E-state index in [2.05, 4.69) is 32.2 Å². The highest BCUT2D eigenvalue weighted by molar-refractivity contribution is 8.44. The minimum Gasteiger partial charge on any atom is -0.387 e. The van der Waals surface area contributed by atoms with E-state index in [1.54, 1.807) is 0 Å². The second kappa shape index (κ2) is 12.0. The Morgan fingerprint density at radius 1 is 1.07 bits per heavy atom. The van der Waals surface area contributed by atoms with E-state index in [9.17, 15) is 19.4 Å². The number of rotatable bonds is 2. The fourth-order valence-electron chi connectivity index (χ4n) is 5.43. The number of H-pyrrole nitrogens is 1. The van der Waals surface area contributed by atoms with Crippen molar-refractivity contribution < 1.29 is 46.5 Å². The SMILES string of the molecule is Nc1nc2c(ncn2[C@@H]2O[C@@H]3COP(O)(=S)OC4[C@@H](O)[C@@H](COP(=O)(S)OC3[C@@H]2F)O[C@H]4n2cnc3cc(Cl)c(Cl)cc32)c(=O)[nH]1. The Morgan fingerprint density at radius 3 is 2.54 bits per heavy atom. The molecule has 3 saturated heterocycles. The number of halogens is 3. The third kappa shape index (κ3) is 5.92. The van der Waals surface area contributed by atoms with E-state index in [0.717, 1.165) is 10.9 Å². The quantitative estimate of drug-likeness (QED) is 0.147. The summed E-state index contributed by atoms with van der Waals surface area (Å²) in [5.41, 5.74) is 5.61. The number of aliphatic hydroxyl groups is 1. The smallest absolute Gasteiger partial charge is 0.386 e. The van der Waals surface area contributed by atoms with Gasteiger partial charge in [-0.2, -0.15) is 4.98 Å². The number of aliphatic hydroxyl groups excluding tert-OH is 1. The normalized spacial score (nSPS) is 37.2. The highest BCUT2D eigenvalue weighted by atomic mass is 35.5. The zero-order chi connectivity index (χ0) is 32.7. The summed E-state index contributed by atoms with van der Waals surface area (Å²) in [6.45, 7) is -9.89. The van der Waals surface area contributed by atoms with Crippen LogP contribution in [0, 0.1) is 0 Å². The average Bonchev–Trinajstić information content (AvgIpc) is 3.72. The molecule has 3 aromatic heterocycles. The summed E-state index contributed by atoms with van der Waals surface area (Å²) >= 11 is 21.6. The van der Waals surface area contributed by atoms with Crippen LogP contribution in [0.1, 0.15) is 12.5 Å². The Labute approximate surface area is 276 Å². The van der Waals surface area contributed by atoms with Crippen molar-refractivity contribution in [1.29, 1.82) is 0 Å². The predicted molar refractivity (Wildman–Crippen MR) is 166 cm³/mol. The lowest BCUT2D eigenvalue weighted by atomic mass is 10.1. The number of nitrogen functional groups attached to an aromatic ring is 1. The van der Waals surface area contributed by atoms with Crippen molar-refractivity contribution in [3.63, 3.8) is 0 Å². The van der Waals surface area contributed by atoms with Gasteiger partial charge in [0.25, 0.3) is 5.56 Å². The Kier molecular flexibility index (Phi) is 8.55. The third-order valence-electron chi connectivity index (χ3n) is 7.51. The number of anilines is 1. The summed E-state index contributed by atoms with van der Waals surface area (Å²) in [4.78, 5) is 37.9. The van der Waals surface area contributed by atoms with Crippen LogP contribution in [0.15, 0.2) is 29.6 Å². The number of hydrogen-bond acceptors (Lipinski definition) is 14. The molecular weight excluding hydrogens is 738 g/mol. The molecule has 10 atom stereocenters. The number of fused-ring (bicyclic) bond motifs is 5. The second-order valence-electron chi connectivity index (χ2n) is 10.4. The molecule has 0 saturated carbocycles. The van der Waals surface area contributed by atoms with E-state index in [1.807, 2.05) is 0 Å². The number of hydrogen-bond donors (Lipinski definition) is 5. The number of aromatic amines is 1. The fraction of sp³-hybridized carbons (Fsp3) is 0.455. The van der Waals surface area contributed by atoms with Gasteiger partial charge in [-0.1, -0.05) is 35.5 Å². The molecule has 0 amide bonds. The van der Waals surface area contributed by atoms with Crippen molar-refractivity contribution in [3.05, 3.63) is 45.2 Å². The minimum absolute atomic E-state index is 0.103. The van der Waals surface area contributed by atoms with Crippen molar-refractivity contribution in [2.24, 2.45) is 0 Å². The number of nitrogens with one attached hydrogen (secondary N) is 1. The molecule has 4 unspecified atom stereocenters. The number of aromatic nitrogens is 6. The minimum atomic E-state index is -4.41. The van der Waals surface area contributed by atoms with Gasteiger partial charge in [0.05, 0.1) is 46.9 Å². The number of alkyl halides is 1. The van der Waals surface area contributed by atoms with E-state index in [4.69, 9.17) is 68.3 Å². The first-order valence-corrected chi connectivity index (χ1v) is 19.2. The maximum Gasteiger partial charge on any atom is 0.386 e. The lowest BCUT2D eigenvalue weighted by Gasteiger charge is -2.27. The zero-order valence-electron chi connectivity index (χ0n) is 22.7. The molecule has 6 heterocycles. The molecule has 17 nitrogen and oxygen atoms in total. The van der Waals surface area contributed by atoms with E-state index in [0.29, 0.717) is 11.0 Å². The molecule has 0 aliphatic carbocycles. The second-order valence-corrected chi connectivity index (χ2v) is 16.9. The molecule has 248 valence electrons. The van der Waals surface area contributed by atoms with Crippen LogP contribution < -0.4 is 11.3 Å². The van der Waals surface area contributed by atoms with Crippen molar-refractivity contribution in [1.82, 2.24) is 29.1 Å². The number of nitrogens with zero attached hydrogens (tertiary/aromatic N) is 5. The Hall–Kier alpha value is -1.74. The van der Waals surface area contributed by atoms with Crippen LogP contribution in [0.5, 0.6) is 0 Å². The Morgan fingerprint density at radius 2 is 1.76 bits per heavy atom. The molecule has 7 rings (SSSR count). The first kappa shape index (κ1) is 32.8. The lowest BCUT2D eigenvalue weighted by molar-refractivity contribution is -0.0585. The summed E-state index contributed by atoms with van der Waals surface area (Å²) in [6, 6.07) is 3.05. The number of ether oxygens (including phenoxy) is 2. The standard InChI is InChI=1S/C22H22Cl2FN7O10P2S2/c23-7-1-9-10(2-8(7)24)31(5-27-9)21-17-15(33)11(39-21)3-37-43(35,45)41-16-12(4-38-44(36,46)42-17)40-20(13(16)25)32-6-28-14-18(32)29-22(26)30-19(14)34/h1-2,5-6,11-13,15-17,20-21,33H,3-4H2,(H,35,45)(H,36,46)(H3,26,29,30,34)/t11-,12-,13+,15+,16?,17?,20-,21-,43?,44?/m1/s1. The fourth-order valence-corrected chi connectivity index (χ4v) is 8.64. The summed E-state index contributed by atoms with van der Waals surface area (Å²) in [5.74, 6) is -0.255. The van der Waals surface area contributed by atoms with Gasteiger partial charge >= 0.3 is 13.5 Å². The predicted octanol–water partition coefficient (Wildman–Crippen LogP) is 2.62. The van der Waals surface area contributed by atoms with Gasteiger partial charge in [0.1, 0.15) is 30.5 Å². The maximum absolute atomic E-state index is 16.1. The first-order valence-electron chi connectivity index (χ1n) is 13.2. The highest BCUT2D eigenvalue weighted by Crippen LogP contribution is 2.58. The van der Waals surface area contributed by atoms with E-state index < -0.39 is 81.4 Å². The van der Waals surface area contributed by atoms with E-state index in [-0.39, 0.29) is 27.2 Å². The van der Waals surface area contributed by atoms with Gasteiger partial charge in [0, 0.05) is 0 Å². The maximum atomic E-state index is 16.1. The molecule has 4 aromatic rings. The number of nitrogens with two attached hydrogens (primary N) is 1. The van der Waals surface area contributed by atoms with Crippen LogP contribution in [0.25, 0.3) is 22.2 Å². The molecule has 5 N–H and O–H groups in total. The largest absolute Gasteiger partial charge is 0.387 e. The topological polar surface area (TPSA) is 220 Å². The van der Waals surface area contributed by atoms with E-state index in [1.165, 1.54) is 23.0 Å². The average molecular weight is 760 g/mol. The number of thiol groups is 1. The molecule has 46 heavy (non-hydrogen) atoms. The van der Waals surface area contributed by atoms with Crippen LogP contribution in [0.4, 0.5) is 10.3 Å². The van der Waals surface area contributed by atoms with Gasteiger partial charge in [-0.05, 0) is 23.9 Å². The van der Waals surface area contributed by atoms with Crippen molar-refractivity contribution in [2.75, 3.05) is 18.9 Å². The van der Waals surface area contributed by atoms with Crippen LogP contribution in [0.2, 0.25) is 10.0 Å². The van der Waals surface area contributed by atoms with Crippen LogP contribution in [0.3, 0.4) is 0 Å². The number of imidazole rings is 2. The summed E-state index contributed by atoms with van der Waals surface area (Å²) < 4.78 is 66.1. The summed E-state index contributed by atoms with van der Waals surface area (Å²) in [7, 11) is 0. The van der Waals surface area contributed by atoms with Gasteiger partial charge < -0.3 is 34.3 Å². The monoisotopic (exact) mass is 759 g/mol. The lowest BCUT2D eigenvalue weighted by Crippen LogP contribution is -2.35. The van der Waals surface area contributed by atoms with Crippen molar-refractivity contribution in [3.8, 4) is 0 Å². The Balaban J connectivity index is 1.21. The first-order chi connectivity index (χ1) is 21.7. The van der Waals surface area contributed by atoms with Gasteiger partial charge in [-0.15, -0.1) is 0 Å². The van der Waals surface area contributed by atoms with Gasteiger partial charge in [-0.25, -0.2) is 18.9 Å². The number of benzene rings is 1. The molecule has 24 heteroatoms. The van der Waals surface area contributed by atoms with Gasteiger partial charge in [0.2, 0.25) is 5.95 Å². The molecule has 3 fully saturated rings. The van der Waals surface area contributed by atoms with Gasteiger partial charge in [0.15, 0.2) is 29.8 Å². The third-order valence-corrected chi connectivity index (χ3v) is 11.4. The Bertz CT molecular complexity index is 2010. The molecule has 3 aliphatic rings. The molecule has 0 radical (unpaired) electrons. The zero-order valence-corrected chi connectivity index (χ0v) is 27.7. The van der Waals surface area contributed by atoms with E-state index >= 15 is 4.39 Å². The van der Waals surface area contributed by atoms with Crippen molar-refractivity contribution >= 4 is 88.9 Å². The molecule has 0 spiro atoms. The molecular formula is C22H22Cl2FN7O10P2S2. The van der Waals surface area contributed by atoms with Crippen molar-refractivity contribution in [2.45, 2.75) is 49.1 Å². The molecule has 1 aromatic carbocycles.